The minimum absolute atomic E-state index is 0.131. The number of imidazole rings is 1. The summed E-state index contributed by atoms with van der Waals surface area (Å²) in [6.45, 7) is 3.87. The maximum Gasteiger partial charge on any atom is 0.219 e. The van der Waals surface area contributed by atoms with Gasteiger partial charge < -0.3 is 15.2 Å². The summed E-state index contributed by atoms with van der Waals surface area (Å²) in [6.07, 6.45) is 6.33. The van der Waals surface area contributed by atoms with Crippen molar-refractivity contribution in [3.05, 3.63) is 23.4 Å². The zero-order chi connectivity index (χ0) is 12.5. The number of aromatic amines is 1. The van der Waals surface area contributed by atoms with E-state index in [4.69, 9.17) is 0 Å². The van der Waals surface area contributed by atoms with Crippen LogP contribution in [0.25, 0.3) is 6.08 Å². The Hall–Kier alpha value is -1.78. The van der Waals surface area contributed by atoms with Crippen molar-refractivity contribution in [3.8, 4) is 0 Å². The number of carbonyl (C=O) groups excluding carboxylic acids is 1. The molecule has 18 heavy (non-hydrogen) atoms. The zero-order valence-corrected chi connectivity index (χ0v) is 10.6. The molecular formula is C13H18N4O. The van der Waals surface area contributed by atoms with E-state index in [0.29, 0.717) is 12.5 Å². The van der Waals surface area contributed by atoms with Crippen LogP contribution in [-0.4, -0.2) is 40.4 Å². The fraction of sp³-hybridized carbons (Fsp3) is 0.538. The molecule has 0 spiro atoms. The number of aromatic nitrogens is 2. The summed E-state index contributed by atoms with van der Waals surface area (Å²) >= 11 is 0. The van der Waals surface area contributed by atoms with Gasteiger partial charge in [0.05, 0.1) is 18.6 Å². The SMILES string of the molecule is CC(=O)N1CCN/C(=C\c2nc[nH]c2C2CC2)C1. The molecule has 5 nitrogen and oxygen atoms in total. The molecule has 0 bridgehead atoms. The molecule has 0 unspecified atom stereocenters. The predicted octanol–water partition coefficient (Wildman–Crippen LogP) is 1.08. The van der Waals surface area contributed by atoms with Gasteiger partial charge >= 0.3 is 0 Å². The topological polar surface area (TPSA) is 61.0 Å². The standard InChI is InChI=1S/C13H18N4O/c1-9(18)17-5-4-14-11(7-17)6-12-13(10-2-3-10)16-8-15-12/h6,8,10,14H,2-5,7H2,1H3,(H,15,16)/b11-6-. The molecule has 1 aliphatic carbocycles. The fourth-order valence-electron chi connectivity index (χ4n) is 2.35. The van der Waals surface area contributed by atoms with Crippen LogP contribution in [0.2, 0.25) is 0 Å². The number of rotatable bonds is 2. The second kappa shape index (κ2) is 4.48. The van der Waals surface area contributed by atoms with Crippen LogP contribution in [0.15, 0.2) is 12.0 Å². The second-order valence-electron chi connectivity index (χ2n) is 5.01. The number of nitrogens with zero attached hydrogens (tertiary/aromatic N) is 2. The fourth-order valence-corrected chi connectivity index (χ4v) is 2.35. The normalized spacial score (nSPS) is 22.1. The molecule has 1 aliphatic heterocycles. The first-order chi connectivity index (χ1) is 8.74. The molecular weight excluding hydrogens is 228 g/mol. The smallest absolute Gasteiger partial charge is 0.219 e. The highest BCUT2D eigenvalue weighted by Crippen LogP contribution is 2.40. The summed E-state index contributed by atoms with van der Waals surface area (Å²) < 4.78 is 0. The minimum atomic E-state index is 0.131. The highest BCUT2D eigenvalue weighted by molar-refractivity contribution is 5.74. The van der Waals surface area contributed by atoms with Gasteiger partial charge in [0.15, 0.2) is 0 Å². The number of piperazine rings is 1. The molecule has 0 aromatic carbocycles. The third kappa shape index (κ3) is 2.25. The molecule has 2 heterocycles. The van der Waals surface area contributed by atoms with Crippen LogP contribution < -0.4 is 5.32 Å². The van der Waals surface area contributed by atoms with E-state index in [1.165, 1.54) is 18.5 Å². The Morgan fingerprint density at radius 1 is 1.56 bits per heavy atom. The Morgan fingerprint density at radius 2 is 2.39 bits per heavy atom. The molecule has 3 rings (SSSR count). The van der Waals surface area contributed by atoms with Crippen LogP contribution in [0.4, 0.5) is 0 Å². The van der Waals surface area contributed by atoms with Gasteiger partial charge in [-0.3, -0.25) is 4.79 Å². The van der Waals surface area contributed by atoms with E-state index in [1.807, 2.05) is 4.90 Å². The van der Waals surface area contributed by atoms with Crippen molar-refractivity contribution in [2.24, 2.45) is 0 Å². The Morgan fingerprint density at radius 3 is 3.11 bits per heavy atom. The van der Waals surface area contributed by atoms with Crippen molar-refractivity contribution in [1.29, 1.82) is 0 Å². The summed E-state index contributed by atoms with van der Waals surface area (Å²) in [7, 11) is 0. The van der Waals surface area contributed by atoms with Crippen molar-refractivity contribution in [2.75, 3.05) is 19.6 Å². The monoisotopic (exact) mass is 246 g/mol. The number of carbonyl (C=O) groups is 1. The van der Waals surface area contributed by atoms with Crippen molar-refractivity contribution in [2.45, 2.75) is 25.7 Å². The van der Waals surface area contributed by atoms with E-state index in [0.717, 1.165) is 24.5 Å². The first-order valence-corrected chi connectivity index (χ1v) is 6.47. The second-order valence-corrected chi connectivity index (χ2v) is 5.01. The van der Waals surface area contributed by atoms with Crippen LogP contribution in [-0.2, 0) is 4.79 Å². The number of hydrogen-bond donors (Lipinski definition) is 2. The van der Waals surface area contributed by atoms with Gasteiger partial charge in [0.2, 0.25) is 5.91 Å². The summed E-state index contributed by atoms with van der Waals surface area (Å²) in [5.41, 5.74) is 3.33. The Kier molecular flexibility index (Phi) is 2.81. The summed E-state index contributed by atoms with van der Waals surface area (Å²) in [5, 5.41) is 3.34. The van der Waals surface area contributed by atoms with Gasteiger partial charge in [-0.25, -0.2) is 4.98 Å². The molecule has 2 fully saturated rings. The maximum absolute atomic E-state index is 11.4. The molecule has 1 amide bonds. The van der Waals surface area contributed by atoms with Crippen molar-refractivity contribution < 1.29 is 4.79 Å². The number of nitrogens with one attached hydrogen (secondary N) is 2. The Labute approximate surface area is 106 Å². The van der Waals surface area contributed by atoms with Crippen molar-refractivity contribution >= 4 is 12.0 Å². The van der Waals surface area contributed by atoms with Gasteiger partial charge in [0.25, 0.3) is 0 Å². The van der Waals surface area contributed by atoms with E-state index in [-0.39, 0.29) is 5.91 Å². The van der Waals surface area contributed by atoms with Crippen LogP contribution in [0.5, 0.6) is 0 Å². The largest absolute Gasteiger partial charge is 0.385 e. The zero-order valence-electron chi connectivity index (χ0n) is 10.6. The quantitative estimate of drug-likeness (QED) is 0.821. The van der Waals surface area contributed by atoms with Crippen LogP contribution in [0.3, 0.4) is 0 Å². The number of H-pyrrole nitrogens is 1. The van der Waals surface area contributed by atoms with Crippen LogP contribution in [0, 0.1) is 0 Å². The Bertz CT molecular complexity index is 487. The van der Waals surface area contributed by atoms with Crippen molar-refractivity contribution in [1.82, 2.24) is 20.2 Å². The molecule has 1 aromatic heterocycles. The van der Waals surface area contributed by atoms with Gasteiger partial charge in [-0.15, -0.1) is 0 Å². The maximum atomic E-state index is 11.4. The summed E-state index contributed by atoms with van der Waals surface area (Å²) in [6, 6.07) is 0. The van der Waals surface area contributed by atoms with Gasteiger partial charge in [0, 0.05) is 37.3 Å². The third-order valence-corrected chi connectivity index (χ3v) is 3.54. The molecule has 5 heteroatoms. The third-order valence-electron chi connectivity index (χ3n) is 3.54. The lowest BCUT2D eigenvalue weighted by atomic mass is 10.2. The lowest BCUT2D eigenvalue weighted by Crippen LogP contribution is -2.44. The van der Waals surface area contributed by atoms with Gasteiger partial charge in [-0.2, -0.15) is 0 Å². The highest BCUT2D eigenvalue weighted by Gasteiger charge is 2.27. The number of amides is 1. The number of hydrogen-bond acceptors (Lipinski definition) is 3. The highest BCUT2D eigenvalue weighted by atomic mass is 16.2. The molecule has 1 saturated heterocycles. The van der Waals surface area contributed by atoms with Crippen LogP contribution in [0.1, 0.15) is 37.1 Å². The van der Waals surface area contributed by atoms with Gasteiger partial charge in [0.1, 0.15) is 0 Å². The molecule has 0 radical (unpaired) electrons. The van der Waals surface area contributed by atoms with E-state index in [9.17, 15) is 4.79 Å². The Balaban J connectivity index is 1.78. The molecule has 1 saturated carbocycles. The van der Waals surface area contributed by atoms with E-state index in [1.54, 1.807) is 13.3 Å². The van der Waals surface area contributed by atoms with E-state index in [2.05, 4.69) is 21.4 Å². The average molecular weight is 246 g/mol. The molecule has 0 atom stereocenters. The van der Waals surface area contributed by atoms with E-state index >= 15 is 0 Å². The van der Waals surface area contributed by atoms with Gasteiger partial charge in [-0.05, 0) is 18.9 Å². The molecule has 2 N–H and O–H groups in total. The van der Waals surface area contributed by atoms with E-state index < -0.39 is 0 Å². The first-order valence-electron chi connectivity index (χ1n) is 6.47. The lowest BCUT2D eigenvalue weighted by molar-refractivity contribution is -0.128. The predicted molar refractivity (Wildman–Crippen MR) is 68.8 cm³/mol. The average Bonchev–Trinajstić information content (AvgIpc) is 3.11. The summed E-state index contributed by atoms with van der Waals surface area (Å²) in [4.78, 5) is 20.8. The minimum Gasteiger partial charge on any atom is -0.385 e. The molecule has 1 aromatic rings. The molecule has 2 aliphatic rings. The summed E-state index contributed by atoms with van der Waals surface area (Å²) in [5.74, 6) is 0.790. The van der Waals surface area contributed by atoms with Crippen LogP contribution >= 0.6 is 0 Å². The first kappa shape index (κ1) is 11.3. The van der Waals surface area contributed by atoms with Gasteiger partial charge in [-0.1, -0.05) is 0 Å². The lowest BCUT2D eigenvalue weighted by Gasteiger charge is -2.28. The molecule has 96 valence electrons. The van der Waals surface area contributed by atoms with Crippen molar-refractivity contribution in [3.63, 3.8) is 0 Å².